The molecule has 0 aromatic heterocycles. The van der Waals surface area contributed by atoms with Crippen molar-refractivity contribution in [3.63, 3.8) is 0 Å². The van der Waals surface area contributed by atoms with Crippen LogP contribution in [0.3, 0.4) is 0 Å². The predicted octanol–water partition coefficient (Wildman–Crippen LogP) is 5.31. The third-order valence-corrected chi connectivity index (χ3v) is 3.42. The number of halogens is 4. The van der Waals surface area contributed by atoms with Gasteiger partial charge in [-0.05, 0) is 43.2 Å². The number of nitrogens with one attached hydrogen (secondary N) is 1. The molecule has 0 bridgehead atoms. The minimum Gasteiger partial charge on any atom is -0.380 e. The first-order valence-electron chi connectivity index (χ1n) is 6.11. The van der Waals surface area contributed by atoms with Crippen LogP contribution in [-0.4, -0.2) is 6.04 Å². The maximum atomic E-state index is 13.1. The van der Waals surface area contributed by atoms with Crippen LogP contribution in [0.25, 0.3) is 0 Å². The van der Waals surface area contributed by atoms with Gasteiger partial charge in [-0.3, -0.25) is 0 Å². The summed E-state index contributed by atoms with van der Waals surface area (Å²) in [6, 6.07) is 8.75. The number of anilines is 1. The van der Waals surface area contributed by atoms with Gasteiger partial charge in [0.1, 0.15) is 11.6 Å². The minimum absolute atomic E-state index is 0.0303. The van der Waals surface area contributed by atoms with Gasteiger partial charge in [0.2, 0.25) is 0 Å². The lowest BCUT2D eigenvalue weighted by atomic mass is 10.1. The molecule has 1 unspecified atom stereocenters. The van der Waals surface area contributed by atoms with Crippen LogP contribution >= 0.6 is 23.2 Å². The Morgan fingerprint density at radius 2 is 1.70 bits per heavy atom. The highest BCUT2D eigenvalue weighted by atomic mass is 35.5. The first-order chi connectivity index (χ1) is 9.45. The maximum Gasteiger partial charge on any atom is 0.126 e. The van der Waals surface area contributed by atoms with E-state index in [0.29, 0.717) is 12.1 Å². The molecule has 0 saturated heterocycles. The summed E-state index contributed by atoms with van der Waals surface area (Å²) in [5, 5.41) is 3.57. The van der Waals surface area contributed by atoms with Crippen molar-refractivity contribution in [2.24, 2.45) is 0 Å². The zero-order valence-corrected chi connectivity index (χ0v) is 12.3. The lowest BCUT2D eigenvalue weighted by Gasteiger charge is -2.17. The van der Waals surface area contributed by atoms with Gasteiger partial charge in [-0.25, -0.2) is 8.78 Å². The molecule has 0 aliphatic rings. The van der Waals surface area contributed by atoms with Crippen LogP contribution in [-0.2, 0) is 6.42 Å². The van der Waals surface area contributed by atoms with E-state index in [1.54, 1.807) is 6.07 Å². The van der Waals surface area contributed by atoms with Crippen molar-refractivity contribution in [2.75, 3.05) is 5.32 Å². The van der Waals surface area contributed by atoms with Crippen molar-refractivity contribution in [1.29, 1.82) is 0 Å². The normalized spacial score (nSPS) is 12.2. The van der Waals surface area contributed by atoms with Gasteiger partial charge in [0, 0.05) is 6.04 Å². The van der Waals surface area contributed by atoms with Gasteiger partial charge in [0.25, 0.3) is 0 Å². The second-order valence-corrected chi connectivity index (χ2v) is 5.44. The van der Waals surface area contributed by atoms with Gasteiger partial charge in [0.05, 0.1) is 15.7 Å². The smallest absolute Gasteiger partial charge is 0.126 e. The molecule has 2 aromatic rings. The predicted molar refractivity (Wildman–Crippen MR) is 79.6 cm³/mol. The SMILES string of the molecule is CC(Cc1cccc(F)c1)Nc1c(Cl)cc(F)cc1Cl. The summed E-state index contributed by atoms with van der Waals surface area (Å²) in [6.07, 6.45) is 0.599. The summed E-state index contributed by atoms with van der Waals surface area (Å²) in [5.74, 6) is -0.754. The number of rotatable bonds is 4. The summed E-state index contributed by atoms with van der Waals surface area (Å²) in [6.45, 7) is 1.92. The van der Waals surface area contributed by atoms with E-state index >= 15 is 0 Å². The molecule has 0 aliphatic carbocycles. The molecule has 1 nitrogen and oxygen atoms in total. The van der Waals surface area contributed by atoms with Gasteiger partial charge < -0.3 is 5.32 Å². The highest BCUT2D eigenvalue weighted by molar-refractivity contribution is 6.39. The Kier molecular flexibility index (Phi) is 4.84. The zero-order valence-electron chi connectivity index (χ0n) is 10.8. The van der Waals surface area contributed by atoms with Crippen molar-refractivity contribution in [2.45, 2.75) is 19.4 Å². The highest BCUT2D eigenvalue weighted by Gasteiger charge is 2.12. The lowest BCUT2D eigenvalue weighted by Crippen LogP contribution is -2.18. The second kappa shape index (κ2) is 6.42. The molecule has 0 heterocycles. The van der Waals surface area contributed by atoms with Gasteiger partial charge in [-0.1, -0.05) is 35.3 Å². The third-order valence-electron chi connectivity index (χ3n) is 2.83. The monoisotopic (exact) mass is 315 g/mol. The maximum absolute atomic E-state index is 13.1. The standard InChI is InChI=1S/C15H13Cl2F2N/c1-9(5-10-3-2-4-11(18)6-10)20-15-13(16)7-12(19)8-14(15)17/h2-4,6-9,20H,5H2,1H3. The van der Waals surface area contributed by atoms with Crippen molar-refractivity contribution in [3.8, 4) is 0 Å². The van der Waals surface area contributed by atoms with Gasteiger partial charge in [-0.2, -0.15) is 0 Å². The molecule has 0 saturated carbocycles. The first-order valence-corrected chi connectivity index (χ1v) is 6.87. The fourth-order valence-corrected chi connectivity index (χ4v) is 2.56. The summed E-state index contributed by atoms with van der Waals surface area (Å²) in [5.41, 5.74) is 1.35. The van der Waals surface area contributed by atoms with Crippen LogP contribution in [0.1, 0.15) is 12.5 Å². The molecule has 20 heavy (non-hydrogen) atoms. The Morgan fingerprint density at radius 3 is 2.30 bits per heavy atom. The second-order valence-electron chi connectivity index (χ2n) is 4.62. The largest absolute Gasteiger partial charge is 0.380 e. The van der Waals surface area contributed by atoms with Crippen molar-refractivity contribution in [3.05, 3.63) is 63.6 Å². The minimum atomic E-state index is -0.483. The molecule has 5 heteroatoms. The van der Waals surface area contributed by atoms with E-state index in [4.69, 9.17) is 23.2 Å². The molecule has 0 amide bonds. The fourth-order valence-electron chi connectivity index (χ4n) is 2.00. The Balaban J connectivity index is 2.10. The number of hydrogen-bond acceptors (Lipinski definition) is 1. The summed E-state index contributed by atoms with van der Waals surface area (Å²) >= 11 is 11.9. The van der Waals surface area contributed by atoms with E-state index in [0.717, 1.165) is 5.56 Å². The van der Waals surface area contributed by atoms with E-state index in [2.05, 4.69) is 5.32 Å². The average molecular weight is 316 g/mol. The molecule has 2 rings (SSSR count). The van der Waals surface area contributed by atoms with E-state index in [1.807, 2.05) is 13.0 Å². The van der Waals surface area contributed by atoms with Crippen LogP contribution in [0.4, 0.5) is 14.5 Å². The van der Waals surface area contributed by atoms with E-state index < -0.39 is 5.82 Å². The lowest BCUT2D eigenvalue weighted by molar-refractivity contribution is 0.623. The van der Waals surface area contributed by atoms with Crippen LogP contribution < -0.4 is 5.32 Å². The van der Waals surface area contributed by atoms with Gasteiger partial charge >= 0.3 is 0 Å². The van der Waals surface area contributed by atoms with Crippen molar-refractivity contribution >= 4 is 28.9 Å². The molecule has 0 radical (unpaired) electrons. The van der Waals surface area contributed by atoms with Crippen molar-refractivity contribution in [1.82, 2.24) is 0 Å². The van der Waals surface area contributed by atoms with Crippen LogP contribution in [0.15, 0.2) is 36.4 Å². The fraction of sp³-hybridized carbons (Fsp3) is 0.200. The number of benzene rings is 2. The van der Waals surface area contributed by atoms with E-state index in [1.165, 1.54) is 24.3 Å². The Hall–Kier alpha value is -1.32. The topological polar surface area (TPSA) is 12.0 Å². The van der Waals surface area contributed by atoms with E-state index in [-0.39, 0.29) is 21.9 Å². The Labute approximate surface area is 126 Å². The summed E-state index contributed by atoms with van der Waals surface area (Å²) in [4.78, 5) is 0. The molecule has 0 fully saturated rings. The van der Waals surface area contributed by atoms with Crippen LogP contribution in [0.5, 0.6) is 0 Å². The average Bonchev–Trinajstić information content (AvgIpc) is 2.33. The molecule has 0 spiro atoms. The Morgan fingerprint density at radius 1 is 1.05 bits per heavy atom. The highest BCUT2D eigenvalue weighted by Crippen LogP contribution is 2.32. The van der Waals surface area contributed by atoms with Gasteiger partial charge in [0.15, 0.2) is 0 Å². The molecule has 106 valence electrons. The quantitative estimate of drug-likeness (QED) is 0.805. The Bertz CT molecular complexity index is 594. The first kappa shape index (κ1) is 15.1. The van der Waals surface area contributed by atoms with Gasteiger partial charge in [-0.15, -0.1) is 0 Å². The molecule has 1 atom stereocenters. The molecule has 1 N–H and O–H groups in total. The summed E-state index contributed by atoms with van der Waals surface area (Å²) in [7, 11) is 0. The van der Waals surface area contributed by atoms with Crippen LogP contribution in [0, 0.1) is 11.6 Å². The third kappa shape index (κ3) is 3.84. The molecular weight excluding hydrogens is 303 g/mol. The van der Waals surface area contributed by atoms with Crippen molar-refractivity contribution < 1.29 is 8.78 Å². The summed E-state index contributed by atoms with van der Waals surface area (Å²) < 4.78 is 26.2. The molecule has 0 aliphatic heterocycles. The number of hydrogen-bond donors (Lipinski definition) is 1. The van der Waals surface area contributed by atoms with E-state index in [9.17, 15) is 8.78 Å². The van der Waals surface area contributed by atoms with Crippen LogP contribution in [0.2, 0.25) is 10.0 Å². The molecular formula is C15H13Cl2F2N. The zero-order chi connectivity index (χ0) is 14.7. The molecule has 2 aromatic carbocycles.